The van der Waals surface area contributed by atoms with E-state index in [2.05, 4.69) is 18.4 Å². The Labute approximate surface area is 96.0 Å². The summed E-state index contributed by atoms with van der Waals surface area (Å²) in [6.07, 6.45) is 9.81. The summed E-state index contributed by atoms with van der Waals surface area (Å²) in [5.41, 5.74) is 3.05. The molecule has 2 atom stereocenters. The van der Waals surface area contributed by atoms with Crippen LogP contribution in [0, 0.1) is 5.92 Å². The summed E-state index contributed by atoms with van der Waals surface area (Å²) in [5.74, 6) is 0.440. The van der Waals surface area contributed by atoms with Gasteiger partial charge in [-0.25, -0.2) is 0 Å². The Kier molecular flexibility index (Phi) is 3.68. The minimum atomic E-state index is 0.171. The topological polar surface area (TPSA) is 17.1 Å². The molecule has 0 fully saturated rings. The van der Waals surface area contributed by atoms with Gasteiger partial charge in [0.15, 0.2) is 0 Å². The van der Waals surface area contributed by atoms with Gasteiger partial charge in [0, 0.05) is 0 Å². The van der Waals surface area contributed by atoms with Gasteiger partial charge in [0.2, 0.25) is 0 Å². The summed E-state index contributed by atoms with van der Waals surface area (Å²) >= 11 is 1.69. The number of hydrogen-bond acceptors (Lipinski definition) is 2. The van der Waals surface area contributed by atoms with Crippen molar-refractivity contribution in [3.05, 3.63) is 22.6 Å². The van der Waals surface area contributed by atoms with E-state index in [-0.39, 0.29) is 5.25 Å². The van der Waals surface area contributed by atoms with Crippen molar-refractivity contribution in [3.8, 4) is 0 Å². The number of thioether (sulfide) groups is 1. The van der Waals surface area contributed by atoms with Crippen LogP contribution in [-0.2, 0) is 4.79 Å². The van der Waals surface area contributed by atoms with E-state index in [0.717, 1.165) is 12.7 Å². The lowest BCUT2D eigenvalue weighted by Crippen LogP contribution is -2.13. The summed E-state index contributed by atoms with van der Waals surface area (Å²) < 4.78 is 0. The van der Waals surface area contributed by atoms with Crippen LogP contribution in [0.5, 0.6) is 0 Å². The fourth-order valence-corrected chi connectivity index (χ4v) is 3.39. The minimum absolute atomic E-state index is 0.171. The van der Waals surface area contributed by atoms with E-state index >= 15 is 0 Å². The zero-order valence-corrected chi connectivity index (χ0v) is 10.1. The zero-order valence-electron chi connectivity index (χ0n) is 9.24. The van der Waals surface area contributed by atoms with E-state index in [0.29, 0.717) is 5.92 Å². The molecule has 0 saturated carbocycles. The highest BCUT2D eigenvalue weighted by atomic mass is 32.2. The first-order chi connectivity index (χ1) is 7.31. The average Bonchev–Trinajstić information content (AvgIpc) is 2.62. The van der Waals surface area contributed by atoms with E-state index in [9.17, 15) is 4.79 Å². The lowest BCUT2D eigenvalue weighted by atomic mass is 9.89. The lowest BCUT2D eigenvalue weighted by molar-refractivity contribution is -0.107. The van der Waals surface area contributed by atoms with Crippen LogP contribution in [0.1, 0.15) is 39.0 Å². The Hall–Kier alpha value is -0.500. The predicted molar refractivity (Wildman–Crippen MR) is 65.9 cm³/mol. The zero-order chi connectivity index (χ0) is 10.7. The van der Waals surface area contributed by atoms with Crippen LogP contribution < -0.4 is 0 Å². The van der Waals surface area contributed by atoms with E-state index in [1.54, 1.807) is 17.3 Å². The first-order valence-corrected chi connectivity index (χ1v) is 6.73. The van der Waals surface area contributed by atoms with Crippen LogP contribution in [0.4, 0.5) is 0 Å². The summed E-state index contributed by atoms with van der Waals surface area (Å²) in [7, 11) is 0. The molecule has 1 aliphatic carbocycles. The third kappa shape index (κ3) is 2.54. The van der Waals surface area contributed by atoms with Crippen molar-refractivity contribution in [1.29, 1.82) is 0 Å². The molecule has 0 aromatic rings. The van der Waals surface area contributed by atoms with Gasteiger partial charge in [0.05, 0.1) is 5.25 Å². The maximum Gasteiger partial charge on any atom is 0.133 e. The highest BCUT2D eigenvalue weighted by molar-refractivity contribution is 8.03. The molecule has 0 spiro atoms. The molecular weight excluding hydrogens is 204 g/mol. The molecule has 1 aliphatic heterocycles. The van der Waals surface area contributed by atoms with Crippen molar-refractivity contribution in [2.45, 2.75) is 44.3 Å². The molecule has 1 heterocycles. The molecule has 2 aliphatic rings. The Balaban J connectivity index is 1.95. The first-order valence-electron chi connectivity index (χ1n) is 5.79. The van der Waals surface area contributed by atoms with Gasteiger partial charge in [-0.1, -0.05) is 24.1 Å². The van der Waals surface area contributed by atoms with Crippen LogP contribution in [0.3, 0.4) is 0 Å². The van der Waals surface area contributed by atoms with E-state index in [4.69, 9.17) is 0 Å². The molecule has 0 saturated heterocycles. The van der Waals surface area contributed by atoms with Gasteiger partial charge in [0.1, 0.15) is 6.29 Å². The third-order valence-corrected chi connectivity index (χ3v) is 4.68. The van der Waals surface area contributed by atoms with E-state index in [1.807, 2.05) is 0 Å². The second-order valence-electron chi connectivity index (χ2n) is 4.50. The Morgan fingerprint density at radius 1 is 1.53 bits per heavy atom. The second kappa shape index (κ2) is 5.02. The molecular formula is C13H18OS. The molecule has 0 aromatic carbocycles. The number of carbonyl (C=O) groups excluding carboxylic acids is 1. The van der Waals surface area contributed by atoms with Crippen LogP contribution in [0.25, 0.3) is 0 Å². The van der Waals surface area contributed by atoms with Gasteiger partial charge in [-0.3, -0.25) is 0 Å². The van der Waals surface area contributed by atoms with Crippen molar-refractivity contribution in [3.63, 3.8) is 0 Å². The van der Waals surface area contributed by atoms with E-state index in [1.165, 1.54) is 31.3 Å². The van der Waals surface area contributed by atoms with Crippen LogP contribution in [0.15, 0.2) is 22.6 Å². The van der Waals surface area contributed by atoms with Gasteiger partial charge >= 0.3 is 0 Å². The number of aldehydes is 1. The van der Waals surface area contributed by atoms with Crippen molar-refractivity contribution >= 4 is 18.0 Å². The van der Waals surface area contributed by atoms with Gasteiger partial charge < -0.3 is 4.79 Å². The maximum atomic E-state index is 10.8. The Morgan fingerprint density at radius 3 is 3.00 bits per heavy atom. The number of rotatable bonds is 3. The molecule has 2 rings (SSSR count). The molecule has 0 bridgehead atoms. The van der Waals surface area contributed by atoms with Crippen LogP contribution >= 0.6 is 11.8 Å². The van der Waals surface area contributed by atoms with Gasteiger partial charge in [-0.15, -0.1) is 11.8 Å². The molecule has 0 N–H and O–H groups in total. The summed E-state index contributed by atoms with van der Waals surface area (Å²) in [4.78, 5) is 10.8. The fourth-order valence-electron chi connectivity index (χ4n) is 2.28. The highest BCUT2D eigenvalue weighted by Gasteiger charge is 2.26. The Bertz CT molecular complexity index is 304. The predicted octanol–water partition coefficient (Wildman–Crippen LogP) is 3.71. The van der Waals surface area contributed by atoms with E-state index < -0.39 is 0 Å². The Morgan fingerprint density at radius 2 is 2.40 bits per heavy atom. The average molecular weight is 222 g/mol. The third-order valence-electron chi connectivity index (χ3n) is 3.40. The molecule has 2 unspecified atom stereocenters. The fraction of sp³-hybridized carbons (Fsp3) is 0.615. The van der Waals surface area contributed by atoms with Crippen molar-refractivity contribution in [1.82, 2.24) is 0 Å². The largest absolute Gasteiger partial charge is 0.302 e. The summed E-state index contributed by atoms with van der Waals surface area (Å²) in [5, 5.41) is 2.38. The molecule has 15 heavy (non-hydrogen) atoms. The molecule has 0 amide bonds. The first kappa shape index (κ1) is 11.0. The SMILES string of the molecule is CC1C(CC2=CCCCC2)=CSC1C=O. The molecule has 0 aromatic heterocycles. The number of carbonyl (C=O) groups is 1. The quantitative estimate of drug-likeness (QED) is 0.535. The highest BCUT2D eigenvalue weighted by Crippen LogP contribution is 2.38. The van der Waals surface area contributed by atoms with Crippen molar-refractivity contribution in [2.24, 2.45) is 5.92 Å². The van der Waals surface area contributed by atoms with Crippen LogP contribution in [0.2, 0.25) is 0 Å². The second-order valence-corrected chi connectivity index (χ2v) is 5.56. The van der Waals surface area contributed by atoms with Crippen molar-refractivity contribution < 1.29 is 4.79 Å². The molecule has 82 valence electrons. The normalized spacial score (nSPS) is 31.0. The molecule has 2 heteroatoms. The van der Waals surface area contributed by atoms with Crippen LogP contribution in [-0.4, -0.2) is 11.5 Å². The lowest BCUT2D eigenvalue weighted by Gasteiger charge is -2.17. The molecule has 1 nitrogen and oxygen atoms in total. The maximum absolute atomic E-state index is 10.8. The van der Waals surface area contributed by atoms with Gasteiger partial charge in [0.25, 0.3) is 0 Å². The summed E-state index contributed by atoms with van der Waals surface area (Å²) in [6, 6.07) is 0. The summed E-state index contributed by atoms with van der Waals surface area (Å²) in [6.45, 7) is 2.17. The monoisotopic (exact) mass is 222 g/mol. The van der Waals surface area contributed by atoms with Gasteiger partial charge in [-0.05, 0) is 43.4 Å². The standard InChI is InChI=1S/C13H18OS/c1-10-12(9-15-13(10)8-14)7-11-5-3-2-4-6-11/h5,8-10,13H,2-4,6-7H2,1H3. The number of hydrogen-bond donors (Lipinski definition) is 0. The smallest absolute Gasteiger partial charge is 0.133 e. The molecule has 0 radical (unpaired) electrons. The number of allylic oxidation sites excluding steroid dienone is 3. The van der Waals surface area contributed by atoms with Gasteiger partial charge in [-0.2, -0.15) is 0 Å². The van der Waals surface area contributed by atoms with Crippen molar-refractivity contribution in [2.75, 3.05) is 0 Å². The minimum Gasteiger partial charge on any atom is -0.302 e.